The van der Waals surface area contributed by atoms with Crippen LogP contribution in [0.5, 0.6) is 5.75 Å². The van der Waals surface area contributed by atoms with E-state index in [2.05, 4.69) is 41.1 Å². The van der Waals surface area contributed by atoms with Crippen molar-refractivity contribution in [3.63, 3.8) is 0 Å². The molecule has 7 heteroatoms. The summed E-state index contributed by atoms with van der Waals surface area (Å²) in [5, 5.41) is 0.835. The molecule has 0 atom stereocenters. The van der Waals surface area contributed by atoms with Gasteiger partial charge in [0.2, 0.25) is 0 Å². The highest BCUT2D eigenvalue weighted by Gasteiger charge is 2.44. The van der Waals surface area contributed by atoms with Gasteiger partial charge in [0, 0.05) is 48.6 Å². The van der Waals surface area contributed by atoms with Crippen molar-refractivity contribution in [1.29, 1.82) is 0 Å². The first-order valence-electron chi connectivity index (χ1n) is 11.2. The van der Waals surface area contributed by atoms with Crippen molar-refractivity contribution in [3.05, 3.63) is 80.7 Å². The molecule has 0 bridgehead atoms. The van der Waals surface area contributed by atoms with E-state index in [1.54, 1.807) is 12.1 Å². The van der Waals surface area contributed by atoms with Crippen LogP contribution in [0.15, 0.2) is 42.5 Å². The summed E-state index contributed by atoms with van der Waals surface area (Å²) >= 11 is 12.5. The van der Waals surface area contributed by atoms with Gasteiger partial charge in [-0.25, -0.2) is 9.97 Å². The minimum atomic E-state index is -0.547. The van der Waals surface area contributed by atoms with Gasteiger partial charge < -0.3 is 9.64 Å². The lowest BCUT2D eigenvalue weighted by Gasteiger charge is -2.44. The maximum Gasteiger partial charge on any atom is 0.170 e. The number of nitrogens with zero attached hydrogens (tertiary/aromatic N) is 3. The van der Waals surface area contributed by atoms with Gasteiger partial charge in [0.05, 0.1) is 17.0 Å². The molecule has 3 aromatic rings. The third-order valence-corrected chi connectivity index (χ3v) is 7.11. The third-order valence-electron chi connectivity index (χ3n) is 6.61. The number of ketones is 1. The molecule has 1 aromatic heterocycles. The molecule has 0 saturated carbocycles. The van der Waals surface area contributed by atoms with E-state index in [0.29, 0.717) is 40.6 Å². The largest absolute Gasteiger partial charge is 0.484 e. The van der Waals surface area contributed by atoms with Crippen molar-refractivity contribution in [2.45, 2.75) is 45.1 Å². The summed E-state index contributed by atoms with van der Waals surface area (Å²) < 4.78 is 6.40. The number of ether oxygens (including phenoxy) is 1. The second-order valence-electron chi connectivity index (χ2n) is 8.96. The standard InChI is InChI=1S/C26H25Cl2N3O2/c1-16-20(12-18-6-4-3-5-7-18)25(30-17(2)29-16)31-10-8-26(9-11-31)15-23(32)21-13-19(27)14-22(28)24(21)33-26/h3-7,13-14H,8-12,15H2,1-2H3. The number of carbonyl (C=O) groups is 1. The summed E-state index contributed by atoms with van der Waals surface area (Å²) in [6, 6.07) is 13.7. The maximum absolute atomic E-state index is 12.9. The number of piperidine rings is 1. The number of benzene rings is 2. The smallest absolute Gasteiger partial charge is 0.170 e. The molecule has 1 fully saturated rings. The minimum Gasteiger partial charge on any atom is -0.484 e. The molecule has 2 aliphatic heterocycles. The Morgan fingerprint density at radius 3 is 2.52 bits per heavy atom. The van der Waals surface area contributed by atoms with Gasteiger partial charge in [-0.1, -0.05) is 53.5 Å². The average molecular weight is 482 g/mol. The van der Waals surface area contributed by atoms with E-state index in [9.17, 15) is 4.79 Å². The summed E-state index contributed by atoms with van der Waals surface area (Å²) in [5.41, 5.74) is 3.31. The van der Waals surface area contributed by atoms with Gasteiger partial charge in [0.1, 0.15) is 23.0 Å². The van der Waals surface area contributed by atoms with Crippen molar-refractivity contribution < 1.29 is 9.53 Å². The minimum absolute atomic E-state index is 0.0348. The Morgan fingerprint density at radius 1 is 1.06 bits per heavy atom. The fourth-order valence-corrected chi connectivity index (χ4v) is 5.43. The van der Waals surface area contributed by atoms with Crippen LogP contribution < -0.4 is 9.64 Å². The molecule has 0 unspecified atom stereocenters. The zero-order valence-electron chi connectivity index (χ0n) is 18.7. The SMILES string of the molecule is Cc1nc(C)c(Cc2ccccc2)c(N2CCC3(CC2)CC(=O)c2cc(Cl)cc(Cl)c2O3)n1. The van der Waals surface area contributed by atoms with Crippen molar-refractivity contribution in [1.82, 2.24) is 9.97 Å². The number of halogens is 2. The lowest BCUT2D eigenvalue weighted by atomic mass is 9.82. The number of Topliss-reactive ketones (excluding diaryl/α,β-unsaturated/α-hetero) is 1. The molecule has 5 rings (SSSR count). The number of aromatic nitrogens is 2. The van der Waals surface area contributed by atoms with Crippen LogP contribution in [0.2, 0.25) is 10.0 Å². The Hall–Kier alpha value is -2.63. The van der Waals surface area contributed by atoms with Crippen LogP contribution in [0.1, 0.15) is 52.3 Å². The zero-order chi connectivity index (χ0) is 23.2. The fourth-order valence-electron chi connectivity index (χ4n) is 4.90. The second kappa shape index (κ2) is 8.62. The molecule has 33 heavy (non-hydrogen) atoms. The molecule has 3 heterocycles. The summed E-state index contributed by atoms with van der Waals surface area (Å²) in [6.07, 6.45) is 2.54. The van der Waals surface area contributed by atoms with E-state index >= 15 is 0 Å². The van der Waals surface area contributed by atoms with Gasteiger partial charge in [-0.2, -0.15) is 0 Å². The van der Waals surface area contributed by atoms with Gasteiger partial charge in [-0.05, 0) is 31.5 Å². The molecule has 0 aliphatic carbocycles. The summed E-state index contributed by atoms with van der Waals surface area (Å²) in [6.45, 7) is 5.47. The molecule has 0 N–H and O–H groups in total. The van der Waals surface area contributed by atoms with Crippen LogP contribution in [0.4, 0.5) is 5.82 Å². The third kappa shape index (κ3) is 4.32. The van der Waals surface area contributed by atoms with Crippen LogP contribution >= 0.6 is 23.2 Å². The summed E-state index contributed by atoms with van der Waals surface area (Å²) in [5.74, 6) is 2.24. The van der Waals surface area contributed by atoms with E-state index in [1.807, 2.05) is 13.0 Å². The number of anilines is 1. The maximum atomic E-state index is 12.9. The predicted molar refractivity (Wildman–Crippen MR) is 131 cm³/mol. The number of rotatable bonds is 3. The predicted octanol–water partition coefficient (Wildman–Crippen LogP) is 6.00. The van der Waals surface area contributed by atoms with Crippen LogP contribution in [0.3, 0.4) is 0 Å². The lowest BCUT2D eigenvalue weighted by molar-refractivity contribution is 0.0231. The topological polar surface area (TPSA) is 55.3 Å². The van der Waals surface area contributed by atoms with Crippen molar-refractivity contribution >= 4 is 34.8 Å². The van der Waals surface area contributed by atoms with Gasteiger partial charge in [-0.3, -0.25) is 4.79 Å². The molecule has 5 nitrogen and oxygen atoms in total. The normalized spacial score (nSPS) is 17.1. The summed E-state index contributed by atoms with van der Waals surface area (Å²) in [7, 11) is 0. The van der Waals surface area contributed by atoms with Gasteiger partial charge in [-0.15, -0.1) is 0 Å². The molecule has 0 amide bonds. The number of hydrogen-bond donors (Lipinski definition) is 0. The molecular formula is C26H25Cl2N3O2. The van der Waals surface area contributed by atoms with Crippen LogP contribution in [0.25, 0.3) is 0 Å². The number of fused-ring (bicyclic) bond motifs is 1. The molecule has 170 valence electrons. The molecule has 2 aromatic carbocycles. The molecular weight excluding hydrogens is 457 g/mol. The Bertz CT molecular complexity index is 1220. The molecule has 0 radical (unpaired) electrons. The molecule has 1 saturated heterocycles. The van der Waals surface area contributed by atoms with Crippen LogP contribution in [-0.2, 0) is 6.42 Å². The Balaban J connectivity index is 1.40. The average Bonchev–Trinajstić information content (AvgIpc) is 2.78. The molecule has 1 spiro atoms. The second-order valence-corrected chi connectivity index (χ2v) is 9.80. The van der Waals surface area contributed by atoms with E-state index in [0.717, 1.165) is 42.4 Å². The Labute approximate surface area is 203 Å². The highest BCUT2D eigenvalue weighted by Crippen LogP contribution is 2.44. The lowest BCUT2D eigenvalue weighted by Crippen LogP contribution is -2.51. The number of carbonyl (C=O) groups excluding carboxylic acids is 1. The highest BCUT2D eigenvalue weighted by molar-refractivity contribution is 6.36. The van der Waals surface area contributed by atoms with Gasteiger partial charge in [0.15, 0.2) is 5.78 Å². The van der Waals surface area contributed by atoms with Gasteiger partial charge >= 0.3 is 0 Å². The first-order valence-corrected chi connectivity index (χ1v) is 11.9. The van der Waals surface area contributed by atoms with Crippen LogP contribution in [0, 0.1) is 13.8 Å². The van der Waals surface area contributed by atoms with E-state index in [-0.39, 0.29) is 5.78 Å². The first kappa shape index (κ1) is 22.2. The Morgan fingerprint density at radius 2 is 1.79 bits per heavy atom. The van der Waals surface area contributed by atoms with Crippen LogP contribution in [-0.4, -0.2) is 34.4 Å². The van der Waals surface area contributed by atoms with Crippen molar-refractivity contribution in [2.75, 3.05) is 18.0 Å². The number of hydrogen-bond acceptors (Lipinski definition) is 5. The number of aryl methyl sites for hydroxylation is 2. The monoisotopic (exact) mass is 481 g/mol. The first-order chi connectivity index (χ1) is 15.8. The highest BCUT2D eigenvalue weighted by atomic mass is 35.5. The zero-order valence-corrected chi connectivity index (χ0v) is 20.2. The quantitative estimate of drug-likeness (QED) is 0.459. The van der Waals surface area contributed by atoms with Gasteiger partial charge in [0.25, 0.3) is 0 Å². The summed E-state index contributed by atoms with van der Waals surface area (Å²) in [4.78, 5) is 24.7. The fraction of sp³-hybridized carbons (Fsp3) is 0.346. The molecule has 2 aliphatic rings. The van der Waals surface area contributed by atoms with Crippen molar-refractivity contribution in [3.8, 4) is 5.75 Å². The van der Waals surface area contributed by atoms with E-state index < -0.39 is 5.60 Å². The Kier molecular flexibility index (Phi) is 5.79. The van der Waals surface area contributed by atoms with E-state index in [4.69, 9.17) is 32.9 Å². The van der Waals surface area contributed by atoms with E-state index in [1.165, 1.54) is 5.56 Å². The van der Waals surface area contributed by atoms with Crippen molar-refractivity contribution in [2.24, 2.45) is 0 Å².